The van der Waals surface area contributed by atoms with E-state index >= 15 is 0 Å². The fourth-order valence-corrected chi connectivity index (χ4v) is 3.75. The van der Waals surface area contributed by atoms with Crippen molar-refractivity contribution < 1.29 is 19.4 Å². The summed E-state index contributed by atoms with van der Waals surface area (Å²) < 4.78 is 5.31. The zero-order valence-corrected chi connectivity index (χ0v) is 14.0. The van der Waals surface area contributed by atoms with Gasteiger partial charge in [0.2, 0.25) is 0 Å². The first kappa shape index (κ1) is 16.8. The lowest BCUT2D eigenvalue weighted by Gasteiger charge is -2.12. The lowest BCUT2D eigenvalue weighted by Crippen LogP contribution is -2.33. The molecule has 2 aromatic rings. The number of benzene rings is 2. The smallest absolute Gasteiger partial charge is 0.345 e. The van der Waals surface area contributed by atoms with E-state index in [1.807, 2.05) is 12.1 Å². The van der Waals surface area contributed by atoms with Crippen LogP contribution in [0.5, 0.6) is 5.75 Å². The fourth-order valence-electron chi connectivity index (χ4n) is 2.31. The largest absolute Gasteiger partial charge is 0.480 e. The Balaban J connectivity index is 1.66. The maximum Gasteiger partial charge on any atom is 0.345 e. The average molecular weight is 364 g/mol. The standard InChI is InChI=1S/C17H14ClNO4S/c18-13-4-2-1-3-12(13)17(22)23-11-7-5-10(6-8-11)15-19-14(9-24-15)16(20)21/h1-8,14-15,19H,9H2,(H,20,21). The molecule has 1 aliphatic rings. The molecule has 3 rings (SSSR count). The van der Waals surface area contributed by atoms with Gasteiger partial charge in [0, 0.05) is 5.75 Å². The van der Waals surface area contributed by atoms with Gasteiger partial charge in [-0.3, -0.25) is 10.1 Å². The number of hydrogen-bond donors (Lipinski definition) is 2. The minimum atomic E-state index is -0.852. The normalized spacial score (nSPS) is 19.9. The van der Waals surface area contributed by atoms with E-state index in [1.54, 1.807) is 36.4 Å². The van der Waals surface area contributed by atoms with Crippen LogP contribution in [-0.2, 0) is 4.79 Å². The monoisotopic (exact) mass is 363 g/mol. The van der Waals surface area contributed by atoms with E-state index in [-0.39, 0.29) is 5.37 Å². The quantitative estimate of drug-likeness (QED) is 0.641. The second-order valence-electron chi connectivity index (χ2n) is 5.21. The molecule has 2 unspecified atom stereocenters. The van der Waals surface area contributed by atoms with Crippen molar-refractivity contribution in [3.8, 4) is 5.75 Å². The molecular weight excluding hydrogens is 350 g/mol. The molecule has 1 saturated heterocycles. The Morgan fingerprint density at radius 2 is 1.88 bits per heavy atom. The molecule has 124 valence electrons. The Bertz CT molecular complexity index is 765. The van der Waals surface area contributed by atoms with E-state index in [4.69, 9.17) is 21.4 Å². The number of carboxylic acids is 1. The van der Waals surface area contributed by atoms with Crippen LogP contribution < -0.4 is 10.1 Å². The first-order chi connectivity index (χ1) is 11.5. The fraction of sp³-hybridized carbons (Fsp3) is 0.176. The predicted molar refractivity (Wildman–Crippen MR) is 92.6 cm³/mol. The van der Waals surface area contributed by atoms with Gasteiger partial charge in [-0.1, -0.05) is 35.9 Å². The SMILES string of the molecule is O=C(Oc1ccc(C2NC(C(=O)O)CS2)cc1)c1ccccc1Cl. The summed E-state index contributed by atoms with van der Waals surface area (Å²) in [5.41, 5.74) is 1.24. The van der Waals surface area contributed by atoms with Crippen LogP contribution >= 0.6 is 23.4 Å². The summed E-state index contributed by atoms with van der Waals surface area (Å²) >= 11 is 7.51. The first-order valence-electron chi connectivity index (χ1n) is 7.22. The van der Waals surface area contributed by atoms with E-state index in [0.717, 1.165) is 5.56 Å². The van der Waals surface area contributed by atoms with Crippen molar-refractivity contribution in [1.29, 1.82) is 0 Å². The molecule has 1 heterocycles. The van der Waals surface area contributed by atoms with Gasteiger partial charge in [-0.05, 0) is 29.8 Å². The van der Waals surface area contributed by atoms with Gasteiger partial charge in [-0.25, -0.2) is 4.79 Å². The zero-order chi connectivity index (χ0) is 17.1. The number of thioether (sulfide) groups is 1. The highest BCUT2D eigenvalue weighted by molar-refractivity contribution is 7.99. The van der Waals surface area contributed by atoms with Gasteiger partial charge in [-0.15, -0.1) is 11.8 Å². The molecule has 0 aromatic heterocycles. The molecule has 1 aliphatic heterocycles. The highest BCUT2D eigenvalue weighted by Gasteiger charge is 2.30. The number of ether oxygens (including phenoxy) is 1. The molecule has 0 amide bonds. The number of carbonyl (C=O) groups excluding carboxylic acids is 1. The maximum atomic E-state index is 12.1. The van der Waals surface area contributed by atoms with Gasteiger partial charge in [0.1, 0.15) is 11.8 Å². The van der Waals surface area contributed by atoms with Crippen molar-refractivity contribution in [2.24, 2.45) is 0 Å². The molecule has 24 heavy (non-hydrogen) atoms. The number of rotatable bonds is 4. The zero-order valence-electron chi connectivity index (χ0n) is 12.4. The summed E-state index contributed by atoms with van der Waals surface area (Å²) in [7, 11) is 0. The molecule has 0 spiro atoms. The number of halogens is 1. The summed E-state index contributed by atoms with van der Waals surface area (Å²) in [6.45, 7) is 0. The van der Waals surface area contributed by atoms with E-state index < -0.39 is 18.0 Å². The first-order valence-corrected chi connectivity index (χ1v) is 8.64. The lowest BCUT2D eigenvalue weighted by atomic mass is 10.2. The van der Waals surface area contributed by atoms with Crippen LogP contribution in [-0.4, -0.2) is 28.8 Å². The molecule has 2 N–H and O–H groups in total. The minimum Gasteiger partial charge on any atom is -0.480 e. The van der Waals surface area contributed by atoms with Crippen LogP contribution in [0.1, 0.15) is 21.3 Å². The molecular formula is C17H14ClNO4S. The predicted octanol–water partition coefficient (Wildman–Crippen LogP) is 3.35. The third kappa shape index (κ3) is 3.72. The number of carbonyl (C=O) groups is 2. The summed E-state index contributed by atoms with van der Waals surface area (Å²) in [5.74, 6) is -0.451. The molecule has 5 nitrogen and oxygen atoms in total. The van der Waals surface area contributed by atoms with Crippen molar-refractivity contribution in [1.82, 2.24) is 5.32 Å². The van der Waals surface area contributed by atoms with Gasteiger partial charge in [0.05, 0.1) is 16.0 Å². The van der Waals surface area contributed by atoms with Gasteiger partial charge >= 0.3 is 11.9 Å². The average Bonchev–Trinajstić information content (AvgIpc) is 3.06. The van der Waals surface area contributed by atoms with Gasteiger partial charge in [0.25, 0.3) is 0 Å². The molecule has 2 aromatic carbocycles. The molecule has 0 radical (unpaired) electrons. The van der Waals surface area contributed by atoms with Crippen molar-refractivity contribution >= 4 is 35.3 Å². The van der Waals surface area contributed by atoms with Crippen molar-refractivity contribution in [2.75, 3.05) is 5.75 Å². The third-order valence-electron chi connectivity index (χ3n) is 3.57. The molecule has 0 saturated carbocycles. The van der Waals surface area contributed by atoms with Crippen LogP contribution in [0.2, 0.25) is 5.02 Å². The Morgan fingerprint density at radius 1 is 1.17 bits per heavy atom. The maximum absolute atomic E-state index is 12.1. The Kier molecular flexibility index (Phi) is 5.08. The number of aliphatic carboxylic acids is 1. The van der Waals surface area contributed by atoms with Gasteiger partial charge in [0.15, 0.2) is 0 Å². The van der Waals surface area contributed by atoms with Gasteiger partial charge in [-0.2, -0.15) is 0 Å². The summed E-state index contributed by atoms with van der Waals surface area (Å²) in [6.07, 6.45) is 0. The van der Waals surface area contributed by atoms with E-state index in [0.29, 0.717) is 22.1 Å². The van der Waals surface area contributed by atoms with Crippen LogP contribution in [0.3, 0.4) is 0 Å². The number of carboxylic acid groups (broad SMARTS) is 1. The van der Waals surface area contributed by atoms with Crippen LogP contribution in [0.25, 0.3) is 0 Å². The van der Waals surface area contributed by atoms with Crippen molar-refractivity contribution in [3.63, 3.8) is 0 Å². The van der Waals surface area contributed by atoms with Crippen LogP contribution in [0.15, 0.2) is 48.5 Å². The molecule has 2 atom stereocenters. The van der Waals surface area contributed by atoms with Crippen molar-refractivity contribution in [2.45, 2.75) is 11.4 Å². The second-order valence-corrected chi connectivity index (χ2v) is 6.75. The van der Waals surface area contributed by atoms with Gasteiger partial charge < -0.3 is 9.84 Å². The topological polar surface area (TPSA) is 75.6 Å². The summed E-state index contributed by atoms with van der Waals surface area (Å²) in [4.78, 5) is 23.1. The molecule has 1 fully saturated rings. The van der Waals surface area contributed by atoms with E-state index in [1.165, 1.54) is 11.8 Å². The Labute approximate surface area is 148 Å². The highest BCUT2D eigenvalue weighted by atomic mass is 35.5. The summed E-state index contributed by atoms with van der Waals surface area (Å²) in [5, 5.41) is 12.3. The lowest BCUT2D eigenvalue weighted by molar-refractivity contribution is -0.138. The second kappa shape index (κ2) is 7.25. The van der Waals surface area contributed by atoms with E-state index in [9.17, 15) is 9.59 Å². The molecule has 7 heteroatoms. The number of esters is 1. The minimum absolute atomic E-state index is 0.0839. The van der Waals surface area contributed by atoms with Crippen LogP contribution in [0.4, 0.5) is 0 Å². The summed E-state index contributed by atoms with van der Waals surface area (Å²) in [6, 6.07) is 13.1. The number of hydrogen-bond acceptors (Lipinski definition) is 5. The van der Waals surface area contributed by atoms with E-state index in [2.05, 4.69) is 5.32 Å². The third-order valence-corrected chi connectivity index (χ3v) is 5.16. The molecule has 0 aliphatic carbocycles. The Morgan fingerprint density at radius 3 is 2.50 bits per heavy atom. The molecule has 0 bridgehead atoms. The van der Waals surface area contributed by atoms with Crippen LogP contribution in [0, 0.1) is 0 Å². The Hall–Kier alpha value is -2.02. The highest BCUT2D eigenvalue weighted by Crippen LogP contribution is 2.33. The van der Waals surface area contributed by atoms with Crippen molar-refractivity contribution in [3.05, 3.63) is 64.7 Å². The number of nitrogens with one attached hydrogen (secondary N) is 1.